The van der Waals surface area contributed by atoms with Crippen molar-refractivity contribution in [2.24, 2.45) is 4.99 Å². The van der Waals surface area contributed by atoms with Gasteiger partial charge in [-0.05, 0) is 36.2 Å². The Balaban J connectivity index is 2.20. The summed E-state index contributed by atoms with van der Waals surface area (Å²) in [5, 5.41) is 0.761. The molecule has 2 aromatic rings. The Bertz CT molecular complexity index is 589. The first kappa shape index (κ1) is 10.5. The van der Waals surface area contributed by atoms with Gasteiger partial charge in [0.1, 0.15) is 0 Å². The summed E-state index contributed by atoms with van der Waals surface area (Å²) >= 11 is 6.08. The van der Waals surface area contributed by atoms with Crippen LogP contribution in [0.2, 0.25) is 5.02 Å². The SMILES string of the molecule is CC1(c2ccccc2)C=Nc2ccc(Cl)cc21. The fourth-order valence-corrected chi connectivity index (χ4v) is 2.49. The quantitative estimate of drug-likeness (QED) is 0.703. The van der Waals surface area contributed by atoms with Crippen LogP contribution in [0.3, 0.4) is 0 Å². The normalized spacial score (nSPS) is 21.5. The standard InChI is InChI=1S/C15H12ClN/c1-15(11-5-3-2-4-6-11)10-17-14-8-7-12(16)9-13(14)15/h2-10H,1H3. The second-order valence-corrected chi connectivity index (χ2v) is 4.92. The number of hydrogen-bond acceptors (Lipinski definition) is 1. The summed E-state index contributed by atoms with van der Waals surface area (Å²) in [7, 11) is 0. The maximum absolute atomic E-state index is 6.08. The topological polar surface area (TPSA) is 12.4 Å². The van der Waals surface area contributed by atoms with Gasteiger partial charge in [-0.3, -0.25) is 4.99 Å². The van der Waals surface area contributed by atoms with E-state index in [1.165, 1.54) is 11.1 Å². The Kier molecular flexibility index (Phi) is 2.30. The Hall–Kier alpha value is -1.60. The molecule has 1 aliphatic rings. The van der Waals surface area contributed by atoms with Crippen molar-refractivity contribution in [1.82, 2.24) is 0 Å². The minimum atomic E-state index is -0.165. The van der Waals surface area contributed by atoms with Gasteiger partial charge in [0.05, 0.1) is 11.1 Å². The molecule has 0 aromatic heterocycles. The zero-order valence-electron chi connectivity index (χ0n) is 9.52. The van der Waals surface area contributed by atoms with Gasteiger partial charge in [-0.1, -0.05) is 41.9 Å². The van der Waals surface area contributed by atoms with Crippen molar-refractivity contribution in [1.29, 1.82) is 0 Å². The van der Waals surface area contributed by atoms with E-state index in [1.807, 2.05) is 30.5 Å². The second-order valence-electron chi connectivity index (χ2n) is 4.49. The average molecular weight is 242 g/mol. The third-order valence-corrected chi connectivity index (χ3v) is 3.59. The van der Waals surface area contributed by atoms with Gasteiger partial charge in [0.15, 0.2) is 0 Å². The molecule has 1 unspecified atom stereocenters. The monoisotopic (exact) mass is 241 g/mol. The van der Waals surface area contributed by atoms with Gasteiger partial charge >= 0.3 is 0 Å². The number of aliphatic imine (C=N–C) groups is 1. The van der Waals surface area contributed by atoms with Gasteiger partial charge in [-0.15, -0.1) is 0 Å². The Morgan fingerprint density at radius 1 is 1.06 bits per heavy atom. The predicted molar refractivity (Wildman–Crippen MR) is 72.5 cm³/mol. The number of fused-ring (bicyclic) bond motifs is 1. The van der Waals surface area contributed by atoms with Crippen LogP contribution in [-0.4, -0.2) is 6.21 Å². The van der Waals surface area contributed by atoms with Crippen molar-refractivity contribution in [3.63, 3.8) is 0 Å². The second kappa shape index (κ2) is 3.71. The zero-order chi connectivity index (χ0) is 11.9. The molecule has 0 aliphatic carbocycles. The molecule has 0 radical (unpaired) electrons. The Labute approximate surface area is 106 Å². The highest BCUT2D eigenvalue weighted by Crippen LogP contribution is 2.42. The lowest BCUT2D eigenvalue weighted by atomic mass is 9.78. The van der Waals surface area contributed by atoms with Gasteiger partial charge in [-0.2, -0.15) is 0 Å². The molecule has 2 aromatic carbocycles. The molecule has 1 atom stereocenters. The van der Waals surface area contributed by atoms with E-state index in [0.29, 0.717) is 0 Å². The number of nitrogens with zero attached hydrogens (tertiary/aromatic N) is 1. The maximum atomic E-state index is 6.08. The van der Waals surface area contributed by atoms with E-state index in [0.717, 1.165) is 10.7 Å². The van der Waals surface area contributed by atoms with E-state index in [-0.39, 0.29) is 5.41 Å². The zero-order valence-corrected chi connectivity index (χ0v) is 10.3. The third-order valence-electron chi connectivity index (χ3n) is 3.35. The van der Waals surface area contributed by atoms with Crippen LogP contribution in [0.15, 0.2) is 53.5 Å². The fourth-order valence-electron chi connectivity index (χ4n) is 2.32. The van der Waals surface area contributed by atoms with Crippen LogP contribution < -0.4 is 0 Å². The lowest BCUT2D eigenvalue weighted by molar-refractivity contribution is 0.810. The molecular formula is C15H12ClN. The number of halogens is 1. The molecule has 1 heterocycles. The average Bonchev–Trinajstić information content (AvgIpc) is 2.70. The van der Waals surface area contributed by atoms with E-state index in [2.05, 4.69) is 36.2 Å². The summed E-state index contributed by atoms with van der Waals surface area (Å²) in [5.74, 6) is 0. The molecule has 0 spiro atoms. The van der Waals surface area contributed by atoms with Crippen molar-refractivity contribution in [2.75, 3.05) is 0 Å². The van der Waals surface area contributed by atoms with Crippen LogP contribution in [0.1, 0.15) is 18.1 Å². The van der Waals surface area contributed by atoms with Crippen LogP contribution in [-0.2, 0) is 5.41 Å². The summed E-state index contributed by atoms with van der Waals surface area (Å²) in [6, 6.07) is 16.3. The first-order chi connectivity index (χ1) is 8.20. The molecule has 0 fully saturated rings. The summed E-state index contributed by atoms with van der Waals surface area (Å²) in [6.45, 7) is 2.17. The van der Waals surface area contributed by atoms with Gasteiger partial charge in [0, 0.05) is 11.2 Å². The maximum Gasteiger partial charge on any atom is 0.0672 e. The number of hydrogen-bond donors (Lipinski definition) is 0. The van der Waals surface area contributed by atoms with Crippen LogP contribution in [0.4, 0.5) is 5.69 Å². The molecule has 3 rings (SSSR count). The van der Waals surface area contributed by atoms with Gasteiger partial charge in [0.25, 0.3) is 0 Å². The van der Waals surface area contributed by atoms with Crippen molar-refractivity contribution < 1.29 is 0 Å². The molecule has 84 valence electrons. The summed E-state index contributed by atoms with van der Waals surface area (Å²) in [6.07, 6.45) is 2.00. The highest BCUT2D eigenvalue weighted by molar-refractivity contribution is 6.30. The van der Waals surface area contributed by atoms with Crippen LogP contribution >= 0.6 is 11.6 Å². The molecule has 0 amide bonds. The molecule has 0 N–H and O–H groups in total. The lowest BCUT2D eigenvalue weighted by Gasteiger charge is -2.23. The van der Waals surface area contributed by atoms with Crippen molar-refractivity contribution >= 4 is 23.5 Å². The van der Waals surface area contributed by atoms with E-state index in [4.69, 9.17) is 11.6 Å². The van der Waals surface area contributed by atoms with Crippen LogP contribution in [0.25, 0.3) is 0 Å². The van der Waals surface area contributed by atoms with Crippen molar-refractivity contribution in [3.8, 4) is 0 Å². The van der Waals surface area contributed by atoms with E-state index in [9.17, 15) is 0 Å². The minimum absolute atomic E-state index is 0.165. The first-order valence-electron chi connectivity index (χ1n) is 5.61. The highest BCUT2D eigenvalue weighted by atomic mass is 35.5. The molecule has 0 saturated carbocycles. The molecule has 0 bridgehead atoms. The van der Waals surface area contributed by atoms with E-state index >= 15 is 0 Å². The third kappa shape index (κ3) is 1.58. The molecule has 0 saturated heterocycles. The highest BCUT2D eigenvalue weighted by Gasteiger charge is 2.33. The Morgan fingerprint density at radius 3 is 2.59 bits per heavy atom. The molecule has 1 nitrogen and oxygen atoms in total. The lowest BCUT2D eigenvalue weighted by Crippen LogP contribution is -2.22. The van der Waals surface area contributed by atoms with Gasteiger partial charge < -0.3 is 0 Å². The molecule has 17 heavy (non-hydrogen) atoms. The van der Waals surface area contributed by atoms with Crippen molar-refractivity contribution in [2.45, 2.75) is 12.3 Å². The number of benzene rings is 2. The van der Waals surface area contributed by atoms with Gasteiger partial charge in [0.2, 0.25) is 0 Å². The van der Waals surface area contributed by atoms with E-state index < -0.39 is 0 Å². The first-order valence-corrected chi connectivity index (χ1v) is 5.99. The molecule has 2 heteroatoms. The summed E-state index contributed by atoms with van der Waals surface area (Å²) in [5.41, 5.74) is 3.27. The van der Waals surface area contributed by atoms with Crippen molar-refractivity contribution in [3.05, 3.63) is 64.7 Å². The smallest absolute Gasteiger partial charge is 0.0672 e. The Morgan fingerprint density at radius 2 is 1.82 bits per heavy atom. The van der Waals surface area contributed by atoms with Gasteiger partial charge in [-0.25, -0.2) is 0 Å². The molecule has 1 aliphatic heterocycles. The minimum Gasteiger partial charge on any atom is -0.260 e. The van der Waals surface area contributed by atoms with Crippen LogP contribution in [0.5, 0.6) is 0 Å². The summed E-state index contributed by atoms with van der Waals surface area (Å²) in [4.78, 5) is 4.49. The van der Waals surface area contributed by atoms with Crippen LogP contribution in [0, 0.1) is 0 Å². The van der Waals surface area contributed by atoms with E-state index in [1.54, 1.807) is 0 Å². The number of rotatable bonds is 1. The summed E-state index contributed by atoms with van der Waals surface area (Å²) < 4.78 is 0. The largest absolute Gasteiger partial charge is 0.260 e. The molecular weight excluding hydrogens is 230 g/mol. The fraction of sp³-hybridized carbons (Fsp3) is 0.133. The predicted octanol–water partition coefficient (Wildman–Crippen LogP) is 4.36.